The van der Waals surface area contributed by atoms with Crippen LogP contribution in [0.2, 0.25) is 0 Å². The van der Waals surface area contributed by atoms with Gasteiger partial charge in [-0.2, -0.15) is 0 Å². The van der Waals surface area contributed by atoms with Crippen molar-refractivity contribution in [1.29, 1.82) is 0 Å². The summed E-state index contributed by atoms with van der Waals surface area (Å²) in [5, 5.41) is 5.16. The predicted octanol–water partition coefficient (Wildman–Crippen LogP) is 2.83. The van der Waals surface area contributed by atoms with E-state index in [2.05, 4.69) is 33.2 Å². The van der Waals surface area contributed by atoms with Crippen molar-refractivity contribution in [1.82, 2.24) is 10.2 Å². The Morgan fingerprint density at radius 3 is 2.56 bits per heavy atom. The van der Waals surface area contributed by atoms with Gasteiger partial charge in [0.1, 0.15) is 18.0 Å². The molecule has 7 nitrogen and oxygen atoms in total. The highest BCUT2D eigenvalue weighted by atomic mass is 127. The molecule has 0 aromatic heterocycles. The van der Waals surface area contributed by atoms with Crippen LogP contribution in [0.25, 0.3) is 6.08 Å². The highest BCUT2D eigenvalue weighted by Crippen LogP contribution is 2.19. The Kier molecular flexibility index (Phi) is 5.75. The van der Waals surface area contributed by atoms with E-state index in [1.54, 1.807) is 37.5 Å². The fraction of sp³-hybridized carbons (Fsp3) is 0.105. The summed E-state index contributed by atoms with van der Waals surface area (Å²) in [5.41, 5.74) is 1.50. The van der Waals surface area contributed by atoms with Gasteiger partial charge in [-0.3, -0.25) is 9.59 Å². The first-order valence-corrected chi connectivity index (χ1v) is 9.09. The SMILES string of the molecule is COc1ccc(NC(=O)CN2C(=O)N/C(=C\c3ccccc3I)C2=O)cc1. The molecule has 8 heteroatoms. The predicted molar refractivity (Wildman–Crippen MR) is 109 cm³/mol. The van der Waals surface area contributed by atoms with Gasteiger partial charge in [0.05, 0.1) is 7.11 Å². The number of anilines is 1. The van der Waals surface area contributed by atoms with Gasteiger partial charge in [-0.1, -0.05) is 18.2 Å². The number of methoxy groups -OCH3 is 1. The molecule has 27 heavy (non-hydrogen) atoms. The van der Waals surface area contributed by atoms with Crippen LogP contribution in [0.5, 0.6) is 5.75 Å². The van der Waals surface area contributed by atoms with Gasteiger partial charge < -0.3 is 15.4 Å². The zero-order valence-electron chi connectivity index (χ0n) is 14.4. The summed E-state index contributed by atoms with van der Waals surface area (Å²) in [6, 6.07) is 13.6. The monoisotopic (exact) mass is 477 g/mol. The van der Waals surface area contributed by atoms with Crippen LogP contribution in [-0.2, 0) is 9.59 Å². The van der Waals surface area contributed by atoms with Crippen LogP contribution in [0, 0.1) is 3.57 Å². The molecule has 0 radical (unpaired) electrons. The molecule has 0 unspecified atom stereocenters. The molecule has 0 spiro atoms. The molecule has 1 aliphatic rings. The molecule has 1 aliphatic heterocycles. The number of carbonyl (C=O) groups is 3. The number of nitrogens with one attached hydrogen (secondary N) is 2. The number of rotatable bonds is 5. The maximum Gasteiger partial charge on any atom is 0.329 e. The lowest BCUT2D eigenvalue weighted by molar-refractivity contribution is -0.127. The van der Waals surface area contributed by atoms with Crippen LogP contribution in [0.3, 0.4) is 0 Å². The summed E-state index contributed by atoms with van der Waals surface area (Å²) in [7, 11) is 1.55. The average molecular weight is 477 g/mol. The number of halogens is 1. The molecular weight excluding hydrogens is 461 g/mol. The van der Waals surface area contributed by atoms with E-state index in [1.807, 2.05) is 24.3 Å². The van der Waals surface area contributed by atoms with Crippen molar-refractivity contribution >= 4 is 52.2 Å². The van der Waals surface area contributed by atoms with Crippen LogP contribution in [0.15, 0.2) is 54.2 Å². The van der Waals surface area contributed by atoms with Gasteiger partial charge in [-0.05, 0) is 64.6 Å². The lowest BCUT2D eigenvalue weighted by atomic mass is 10.2. The number of hydrogen-bond donors (Lipinski definition) is 2. The molecule has 4 amide bonds. The number of imide groups is 1. The molecule has 1 heterocycles. The van der Waals surface area contributed by atoms with Gasteiger partial charge in [0.25, 0.3) is 5.91 Å². The standard InChI is InChI=1S/C19H16IN3O4/c1-27-14-8-6-13(7-9-14)21-17(24)11-23-18(25)16(22-19(23)26)10-12-4-2-3-5-15(12)20/h2-10H,11H2,1H3,(H,21,24)(H,22,26)/b16-10-. The summed E-state index contributed by atoms with van der Waals surface area (Å²) < 4.78 is 6.00. The Balaban J connectivity index is 1.68. The Hall–Kier alpha value is -2.88. The number of benzene rings is 2. The Labute approximate surface area is 169 Å². The summed E-state index contributed by atoms with van der Waals surface area (Å²) >= 11 is 2.15. The molecule has 2 aromatic carbocycles. The molecule has 1 saturated heterocycles. The van der Waals surface area contributed by atoms with E-state index in [9.17, 15) is 14.4 Å². The normalized spacial score (nSPS) is 15.0. The average Bonchev–Trinajstić information content (AvgIpc) is 2.91. The summed E-state index contributed by atoms with van der Waals surface area (Å²) in [5.74, 6) is -0.351. The molecule has 3 rings (SSSR count). The highest BCUT2D eigenvalue weighted by Gasteiger charge is 2.35. The lowest BCUT2D eigenvalue weighted by Gasteiger charge is -2.12. The van der Waals surface area contributed by atoms with Crippen molar-refractivity contribution in [2.45, 2.75) is 0 Å². The van der Waals surface area contributed by atoms with Crippen LogP contribution >= 0.6 is 22.6 Å². The zero-order chi connectivity index (χ0) is 19.4. The minimum Gasteiger partial charge on any atom is -0.497 e. The van der Waals surface area contributed by atoms with Crippen molar-refractivity contribution in [2.24, 2.45) is 0 Å². The van der Waals surface area contributed by atoms with Crippen LogP contribution in [0.1, 0.15) is 5.56 Å². The maximum atomic E-state index is 12.5. The number of hydrogen-bond acceptors (Lipinski definition) is 4. The number of urea groups is 1. The van der Waals surface area contributed by atoms with Crippen LogP contribution in [0.4, 0.5) is 10.5 Å². The first-order valence-electron chi connectivity index (χ1n) is 8.01. The second kappa shape index (κ2) is 8.21. The number of ether oxygens (including phenoxy) is 1. The van der Waals surface area contributed by atoms with Crippen molar-refractivity contribution in [3.8, 4) is 5.75 Å². The van der Waals surface area contributed by atoms with Crippen LogP contribution < -0.4 is 15.4 Å². The van der Waals surface area contributed by atoms with E-state index in [1.165, 1.54) is 0 Å². The maximum absolute atomic E-state index is 12.5. The molecule has 2 N–H and O–H groups in total. The fourth-order valence-corrected chi connectivity index (χ4v) is 3.02. The molecule has 0 atom stereocenters. The van der Waals surface area contributed by atoms with E-state index in [4.69, 9.17) is 4.74 Å². The summed E-state index contributed by atoms with van der Waals surface area (Å²) in [6.07, 6.45) is 1.60. The molecule has 2 aromatic rings. The Bertz CT molecular complexity index is 925. The second-order valence-corrected chi connectivity index (χ2v) is 6.84. The first-order chi connectivity index (χ1) is 13.0. The van der Waals surface area contributed by atoms with Gasteiger partial charge in [0.15, 0.2) is 0 Å². The third-order valence-electron chi connectivity index (χ3n) is 3.84. The smallest absolute Gasteiger partial charge is 0.329 e. The lowest BCUT2D eigenvalue weighted by Crippen LogP contribution is -2.38. The van der Waals surface area contributed by atoms with E-state index < -0.39 is 17.8 Å². The minimum atomic E-state index is -0.623. The van der Waals surface area contributed by atoms with E-state index in [-0.39, 0.29) is 12.2 Å². The zero-order valence-corrected chi connectivity index (χ0v) is 16.5. The van der Waals surface area contributed by atoms with Gasteiger partial charge in [0.2, 0.25) is 5.91 Å². The fourth-order valence-electron chi connectivity index (χ4n) is 2.48. The largest absolute Gasteiger partial charge is 0.497 e. The summed E-state index contributed by atoms with van der Waals surface area (Å²) in [4.78, 5) is 37.6. The molecule has 1 fully saturated rings. The molecule has 138 valence electrons. The first kappa shape index (κ1) is 18.9. The Morgan fingerprint density at radius 1 is 1.19 bits per heavy atom. The molecule has 0 bridgehead atoms. The summed E-state index contributed by atoms with van der Waals surface area (Å²) in [6.45, 7) is -0.375. The number of carbonyl (C=O) groups excluding carboxylic acids is 3. The highest BCUT2D eigenvalue weighted by molar-refractivity contribution is 14.1. The third kappa shape index (κ3) is 4.45. The number of nitrogens with zero attached hydrogens (tertiary/aromatic N) is 1. The molecule has 0 aliphatic carbocycles. The van der Waals surface area contributed by atoms with Gasteiger partial charge in [-0.15, -0.1) is 0 Å². The molecule has 0 saturated carbocycles. The quantitative estimate of drug-likeness (QED) is 0.394. The van der Waals surface area contributed by atoms with Gasteiger partial charge >= 0.3 is 6.03 Å². The third-order valence-corrected chi connectivity index (χ3v) is 4.83. The molecular formula is C19H16IN3O4. The van der Waals surface area contributed by atoms with Gasteiger partial charge in [0, 0.05) is 9.26 Å². The van der Waals surface area contributed by atoms with Crippen LogP contribution in [-0.4, -0.2) is 36.4 Å². The van der Waals surface area contributed by atoms with Crippen molar-refractivity contribution in [2.75, 3.05) is 19.0 Å². The van der Waals surface area contributed by atoms with E-state index in [0.717, 1.165) is 14.0 Å². The topological polar surface area (TPSA) is 87.7 Å². The minimum absolute atomic E-state index is 0.140. The Morgan fingerprint density at radius 2 is 1.89 bits per heavy atom. The number of amides is 4. The van der Waals surface area contributed by atoms with Gasteiger partial charge in [-0.25, -0.2) is 9.69 Å². The van der Waals surface area contributed by atoms with E-state index in [0.29, 0.717) is 11.4 Å². The van der Waals surface area contributed by atoms with E-state index >= 15 is 0 Å². The second-order valence-electron chi connectivity index (χ2n) is 5.68. The van der Waals surface area contributed by atoms with Crippen molar-refractivity contribution in [3.05, 3.63) is 63.4 Å². The van der Waals surface area contributed by atoms with Crippen molar-refractivity contribution < 1.29 is 19.1 Å². The van der Waals surface area contributed by atoms with Crippen molar-refractivity contribution in [3.63, 3.8) is 0 Å².